The van der Waals surface area contributed by atoms with Crippen LogP contribution in [0.4, 0.5) is 0 Å². The van der Waals surface area contributed by atoms with Crippen LogP contribution >= 0.6 is 11.6 Å². The second kappa shape index (κ2) is 7.91. The zero-order chi connectivity index (χ0) is 9.40. The van der Waals surface area contributed by atoms with Crippen molar-refractivity contribution in [1.82, 2.24) is 0 Å². The Balaban J connectivity index is 3.14. The van der Waals surface area contributed by atoms with Gasteiger partial charge in [-0.1, -0.05) is 46.5 Å². The second-order valence-electron chi connectivity index (χ2n) is 4.08. The van der Waals surface area contributed by atoms with Crippen LogP contribution in [0.25, 0.3) is 0 Å². The SMILES string of the molecule is CCCCCCC(Cl)CC(C)C. The van der Waals surface area contributed by atoms with Gasteiger partial charge in [-0.25, -0.2) is 0 Å². The summed E-state index contributed by atoms with van der Waals surface area (Å²) < 4.78 is 0. The van der Waals surface area contributed by atoms with Gasteiger partial charge in [0.1, 0.15) is 0 Å². The lowest BCUT2D eigenvalue weighted by molar-refractivity contribution is 0.520. The van der Waals surface area contributed by atoms with Gasteiger partial charge in [0, 0.05) is 5.38 Å². The number of hydrogen-bond acceptors (Lipinski definition) is 0. The summed E-state index contributed by atoms with van der Waals surface area (Å²) in [6, 6.07) is 0. The first-order chi connectivity index (χ1) is 5.66. The summed E-state index contributed by atoms with van der Waals surface area (Å²) in [4.78, 5) is 0. The van der Waals surface area contributed by atoms with Crippen LogP contribution in [0.5, 0.6) is 0 Å². The van der Waals surface area contributed by atoms with Crippen molar-refractivity contribution in [2.45, 2.75) is 64.7 Å². The maximum absolute atomic E-state index is 6.15. The minimum atomic E-state index is 0.418. The summed E-state index contributed by atoms with van der Waals surface area (Å²) >= 11 is 6.15. The van der Waals surface area contributed by atoms with Crippen LogP contribution in [0.2, 0.25) is 0 Å². The normalized spacial score (nSPS) is 13.8. The van der Waals surface area contributed by atoms with Gasteiger partial charge >= 0.3 is 0 Å². The highest BCUT2D eigenvalue weighted by molar-refractivity contribution is 6.20. The van der Waals surface area contributed by atoms with E-state index >= 15 is 0 Å². The number of rotatable bonds is 7. The maximum atomic E-state index is 6.15. The standard InChI is InChI=1S/C11H23Cl/c1-4-5-6-7-8-11(12)9-10(2)3/h10-11H,4-9H2,1-3H3. The summed E-state index contributed by atoms with van der Waals surface area (Å²) in [6.45, 7) is 6.72. The Morgan fingerprint density at radius 1 is 1.08 bits per heavy atom. The molecular formula is C11H23Cl. The molecular weight excluding hydrogens is 168 g/mol. The van der Waals surface area contributed by atoms with Crippen molar-refractivity contribution in [3.05, 3.63) is 0 Å². The maximum Gasteiger partial charge on any atom is 0.0338 e. The molecule has 0 rings (SSSR count). The molecule has 0 nitrogen and oxygen atoms in total. The van der Waals surface area contributed by atoms with Gasteiger partial charge in [-0.2, -0.15) is 0 Å². The van der Waals surface area contributed by atoms with Crippen LogP contribution in [-0.4, -0.2) is 5.38 Å². The first-order valence-corrected chi connectivity index (χ1v) is 5.74. The fraction of sp³-hybridized carbons (Fsp3) is 1.00. The number of hydrogen-bond donors (Lipinski definition) is 0. The molecule has 0 aliphatic carbocycles. The Morgan fingerprint density at radius 3 is 2.25 bits per heavy atom. The lowest BCUT2D eigenvalue weighted by Gasteiger charge is -2.11. The third-order valence-corrected chi connectivity index (χ3v) is 2.49. The molecule has 0 saturated heterocycles. The van der Waals surface area contributed by atoms with Gasteiger partial charge in [-0.15, -0.1) is 11.6 Å². The number of alkyl halides is 1. The monoisotopic (exact) mass is 190 g/mol. The Bertz CT molecular complexity index is 89.0. The van der Waals surface area contributed by atoms with E-state index in [0.29, 0.717) is 5.38 Å². The Morgan fingerprint density at radius 2 is 1.75 bits per heavy atom. The highest BCUT2D eigenvalue weighted by Gasteiger charge is 2.05. The van der Waals surface area contributed by atoms with E-state index < -0.39 is 0 Å². The molecule has 12 heavy (non-hydrogen) atoms. The van der Waals surface area contributed by atoms with E-state index in [1.54, 1.807) is 0 Å². The fourth-order valence-corrected chi connectivity index (χ4v) is 1.93. The molecule has 0 N–H and O–H groups in total. The van der Waals surface area contributed by atoms with Crippen molar-refractivity contribution < 1.29 is 0 Å². The van der Waals surface area contributed by atoms with Crippen LogP contribution in [0.1, 0.15) is 59.3 Å². The Hall–Kier alpha value is 0.290. The van der Waals surface area contributed by atoms with Gasteiger partial charge in [-0.05, 0) is 18.8 Å². The van der Waals surface area contributed by atoms with E-state index in [1.807, 2.05) is 0 Å². The average molecular weight is 191 g/mol. The van der Waals surface area contributed by atoms with E-state index in [-0.39, 0.29) is 0 Å². The summed E-state index contributed by atoms with van der Waals surface area (Å²) in [5.41, 5.74) is 0. The molecule has 0 radical (unpaired) electrons. The molecule has 0 aromatic rings. The smallest absolute Gasteiger partial charge is 0.0338 e. The largest absolute Gasteiger partial charge is 0.123 e. The molecule has 0 amide bonds. The van der Waals surface area contributed by atoms with E-state index in [4.69, 9.17) is 11.6 Å². The number of halogens is 1. The van der Waals surface area contributed by atoms with Crippen LogP contribution in [-0.2, 0) is 0 Å². The van der Waals surface area contributed by atoms with Crippen molar-refractivity contribution in [2.24, 2.45) is 5.92 Å². The second-order valence-corrected chi connectivity index (χ2v) is 4.69. The van der Waals surface area contributed by atoms with E-state index in [0.717, 1.165) is 5.92 Å². The third kappa shape index (κ3) is 8.39. The van der Waals surface area contributed by atoms with E-state index in [2.05, 4.69) is 20.8 Å². The first-order valence-electron chi connectivity index (χ1n) is 5.30. The topological polar surface area (TPSA) is 0 Å². The zero-order valence-electron chi connectivity index (χ0n) is 8.78. The van der Waals surface area contributed by atoms with Gasteiger partial charge in [0.15, 0.2) is 0 Å². The van der Waals surface area contributed by atoms with E-state index in [1.165, 1.54) is 38.5 Å². The predicted octanol–water partition coefficient (Wildman–Crippen LogP) is 4.61. The summed E-state index contributed by atoms with van der Waals surface area (Å²) in [5, 5.41) is 0.418. The molecule has 0 saturated carbocycles. The predicted molar refractivity (Wildman–Crippen MR) is 57.9 cm³/mol. The van der Waals surface area contributed by atoms with Gasteiger partial charge in [0.2, 0.25) is 0 Å². The molecule has 0 aromatic heterocycles. The first kappa shape index (κ1) is 12.3. The Kier molecular flexibility index (Phi) is 8.11. The molecule has 0 aliphatic heterocycles. The van der Waals surface area contributed by atoms with Crippen LogP contribution in [0.15, 0.2) is 0 Å². The van der Waals surface area contributed by atoms with Crippen molar-refractivity contribution in [1.29, 1.82) is 0 Å². The molecule has 0 aromatic carbocycles. The highest BCUT2D eigenvalue weighted by Crippen LogP contribution is 2.17. The molecule has 0 fully saturated rings. The minimum Gasteiger partial charge on any atom is -0.123 e. The molecule has 1 atom stereocenters. The molecule has 1 unspecified atom stereocenters. The third-order valence-electron chi connectivity index (χ3n) is 2.10. The summed E-state index contributed by atoms with van der Waals surface area (Å²) in [6.07, 6.45) is 7.74. The van der Waals surface area contributed by atoms with Crippen molar-refractivity contribution in [2.75, 3.05) is 0 Å². The summed E-state index contributed by atoms with van der Waals surface area (Å²) in [7, 11) is 0. The van der Waals surface area contributed by atoms with Crippen LogP contribution in [0.3, 0.4) is 0 Å². The van der Waals surface area contributed by atoms with Gasteiger partial charge in [0.25, 0.3) is 0 Å². The minimum absolute atomic E-state index is 0.418. The van der Waals surface area contributed by atoms with Crippen LogP contribution in [0, 0.1) is 5.92 Å². The molecule has 0 aliphatic rings. The lowest BCUT2D eigenvalue weighted by Crippen LogP contribution is -2.02. The fourth-order valence-electron chi connectivity index (χ4n) is 1.42. The van der Waals surface area contributed by atoms with E-state index in [9.17, 15) is 0 Å². The zero-order valence-corrected chi connectivity index (χ0v) is 9.53. The molecule has 0 bridgehead atoms. The molecule has 0 spiro atoms. The Labute approximate surface area is 82.7 Å². The quantitative estimate of drug-likeness (QED) is 0.406. The van der Waals surface area contributed by atoms with Crippen molar-refractivity contribution >= 4 is 11.6 Å². The molecule has 0 heterocycles. The highest BCUT2D eigenvalue weighted by atomic mass is 35.5. The van der Waals surface area contributed by atoms with Gasteiger partial charge < -0.3 is 0 Å². The summed E-state index contributed by atoms with van der Waals surface area (Å²) in [5.74, 6) is 0.749. The average Bonchev–Trinajstić information content (AvgIpc) is 1.97. The van der Waals surface area contributed by atoms with Gasteiger partial charge in [-0.3, -0.25) is 0 Å². The lowest BCUT2D eigenvalue weighted by atomic mass is 10.0. The number of unbranched alkanes of at least 4 members (excludes halogenated alkanes) is 3. The van der Waals surface area contributed by atoms with Crippen molar-refractivity contribution in [3.63, 3.8) is 0 Å². The van der Waals surface area contributed by atoms with Gasteiger partial charge in [0.05, 0.1) is 0 Å². The van der Waals surface area contributed by atoms with Crippen molar-refractivity contribution in [3.8, 4) is 0 Å². The van der Waals surface area contributed by atoms with Crippen LogP contribution < -0.4 is 0 Å². The molecule has 74 valence electrons. The molecule has 1 heteroatoms.